The van der Waals surface area contributed by atoms with Crippen LogP contribution in [0, 0.1) is 0 Å². The van der Waals surface area contributed by atoms with Crippen LogP contribution >= 0.6 is 22.9 Å². The number of carbonyl (C=O) groups is 3. The molecule has 2 aliphatic heterocycles. The molecule has 1 unspecified atom stereocenters. The van der Waals surface area contributed by atoms with Crippen LogP contribution in [0.5, 0.6) is 0 Å². The summed E-state index contributed by atoms with van der Waals surface area (Å²) in [6.45, 7) is 1.63. The van der Waals surface area contributed by atoms with Crippen molar-refractivity contribution in [3.63, 3.8) is 0 Å². The fourth-order valence-electron chi connectivity index (χ4n) is 4.28. The number of rotatable bonds is 6. The van der Waals surface area contributed by atoms with E-state index in [1.165, 1.54) is 11.3 Å². The number of ether oxygens (including phenoxy) is 1. The van der Waals surface area contributed by atoms with Crippen molar-refractivity contribution in [1.29, 1.82) is 0 Å². The molecule has 2 fully saturated rings. The molecule has 2 aliphatic rings. The number of hydrogen-bond acceptors (Lipinski definition) is 6. The zero-order chi connectivity index (χ0) is 22.0. The molecule has 0 spiro atoms. The molecule has 10 heteroatoms. The molecule has 1 atom stereocenters. The zero-order valence-electron chi connectivity index (χ0n) is 16.8. The molecule has 4 rings (SSSR count). The summed E-state index contributed by atoms with van der Waals surface area (Å²) in [5, 5.41) is 3.47. The lowest BCUT2D eigenvalue weighted by atomic mass is 9.86. The molecule has 0 aliphatic carbocycles. The SMILES string of the molecule is NC(=O)C1(c2ccc(N3CCOCC3=O)cc2)CCCN1CC(=O)Nc1ccc(Cl)s1. The molecule has 8 nitrogen and oxygen atoms in total. The van der Waals surface area contributed by atoms with Crippen molar-refractivity contribution in [2.45, 2.75) is 18.4 Å². The monoisotopic (exact) mass is 462 g/mol. The predicted octanol–water partition coefficient (Wildman–Crippen LogP) is 2.18. The van der Waals surface area contributed by atoms with E-state index in [1.807, 2.05) is 29.2 Å². The lowest BCUT2D eigenvalue weighted by Gasteiger charge is -2.36. The zero-order valence-corrected chi connectivity index (χ0v) is 18.4. The highest BCUT2D eigenvalue weighted by molar-refractivity contribution is 7.20. The summed E-state index contributed by atoms with van der Waals surface area (Å²) in [6.07, 6.45) is 1.26. The average molecular weight is 463 g/mol. The summed E-state index contributed by atoms with van der Waals surface area (Å²) in [4.78, 5) is 40.9. The molecule has 1 aromatic heterocycles. The van der Waals surface area contributed by atoms with Crippen molar-refractivity contribution in [3.05, 3.63) is 46.3 Å². The second-order valence-corrected chi connectivity index (χ2v) is 9.26. The van der Waals surface area contributed by atoms with E-state index < -0.39 is 11.4 Å². The molecule has 164 valence electrons. The Morgan fingerprint density at radius 1 is 1.19 bits per heavy atom. The number of morpholine rings is 1. The highest BCUT2D eigenvalue weighted by atomic mass is 35.5. The Morgan fingerprint density at radius 2 is 1.97 bits per heavy atom. The summed E-state index contributed by atoms with van der Waals surface area (Å²) in [5.41, 5.74) is 6.27. The molecule has 1 aromatic carbocycles. The quantitative estimate of drug-likeness (QED) is 0.684. The number of thiophene rings is 1. The van der Waals surface area contributed by atoms with E-state index in [0.29, 0.717) is 41.0 Å². The van der Waals surface area contributed by atoms with Crippen LogP contribution in [0.3, 0.4) is 0 Å². The van der Waals surface area contributed by atoms with E-state index in [9.17, 15) is 14.4 Å². The molecule has 31 heavy (non-hydrogen) atoms. The molecule has 0 saturated carbocycles. The van der Waals surface area contributed by atoms with Crippen LogP contribution < -0.4 is 16.0 Å². The van der Waals surface area contributed by atoms with Crippen LogP contribution in [0.1, 0.15) is 18.4 Å². The number of nitrogens with zero attached hydrogens (tertiary/aromatic N) is 2. The van der Waals surface area contributed by atoms with Gasteiger partial charge in [-0.1, -0.05) is 23.7 Å². The van der Waals surface area contributed by atoms with Gasteiger partial charge in [0.25, 0.3) is 5.91 Å². The van der Waals surface area contributed by atoms with Gasteiger partial charge in [0.1, 0.15) is 12.1 Å². The number of amides is 3. The predicted molar refractivity (Wildman–Crippen MR) is 119 cm³/mol. The number of benzene rings is 1. The molecule has 2 saturated heterocycles. The molecule has 3 heterocycles. The van der Waals surface area contributed by atoms with Crippen LogP contribution in [0.25, 0.3) is 0 Å². The summed E-state index contributed by atoms with van der Waals surface area (Å²) < 4.78 is 5.76. The molecule has 3 amide bonds. The van der Waals surface area contributed by atoms with Gasteiger partial charge in [-0.05, 0) is 42.7 Å². The first-order valence-electron chi connectivity index (χ1n) is 9.99. The smallest absolute Gasteiger partial charge is 0.253 e. The normalized spacial score (nSPS) is 22.0. The minimum atomic E-state index is -1.07. The van der Waals surface area contributed by atoms with Gasteiger partial charge in [0.15, 0.2) is 0 Å². The number of nitrogens with two attached hydrogens (primary N) is 1. The minimum absolute atomic E-state index is 0.0299. The molecule has 2 aromatic rings. The summed E-state index contributed by atoms with van der Waals surface area (Å²) in [7, 11) is 0. The lowest BCUT2D eigenvalue weighted by molar-refractivity contribution is -0.131. The largest absolute Gasteiger partial charge is 0.370 e. The van der Waals surface area contributed by atoms with Gasteiger partial charge in [0.05, 0.1) is 22.5 Å². The van der Waals surface area contributed by atoms with Gasteiger partial charge < -0.3 is 20.7 Å². The fourth-order valence-corrected chi connectivity index (χ4v) is 5.24. The first-order chi connectivity index (χ1) is 14.9. The number of hydrogen-bond donors (Lipinski definition) is 2. The molecular weight excluding hydrogens is 440 g/mol. The van der Waals surface area contributed by atoms with E-state index in [0.717, 1.165) is 12.1 Å². The Morgan fingerprint density at radius 3 is 2.61 bits per heavy atom. The molecule has 0 radical (unpaired) electrons. The van der Waals surface area contributed by atoms with Crippen LogP contribution in [0.2, 0.25) is 4.34 Å². The maximum absolute atomic E-state index is 12.7. The minimum Gasteiger partial charge on any atom is -0.370 e. The third-order valence-corrected chi connectivity index (χ3v) is 6.87. The second-order valence-electron chi connectivity index (χ2n) is 7.55. The van der Waals surface area contributed by atoms with E-state index >= 15 is 0 Å². The Balaban J connectivity index is 1.54. The number of likely N-dealkylation sites (tertiary alicyclic amines) is 1. The molecular formula is C21H23ClN4O4S. The number of nitrogens with one attached hydrogen (secondary N) is 1. The molecule has 3 N–H and O–H groups in total. The van der Waals surface area contributed by atoms with Crippen LogP contribution in [-0.4, -0.2) is 55.5 Å². The van der Waals surface area contributed by atoms with Crippen molar-refractivity contribution < 1.29 is 19.1 Å². The Kier molecular flexibility index (Phi) is 6.29. The first kappa shape index (κ1) is 21.8. The first-order valence-corrected chi connectivity index (χ1v) is 11.2. The van der Waals surface area contributed by atoms with Gasteiger partial charge in [-0.3, -0.25) is 19.3 Å². The Bertz CT molecular complexity index is 996. The number of anilines is 2. The van der Waals surface area contributed by atoms with E-state index in [4.69, 9.17) is 22.1 Å². The highest BCUT2D eigenvalue weighted by Crippen LogP contribution is 2.39. The second kappa shape index (κ2) is 8.96. The van der Waals surface area contributed by atoms with Crippen molar-refractivity contribution in [3.8, 4) is 0 Å². The third kappa shape index (κ3) is 4.31. The topological polar surface area (TPSA) is 105 Å². The Labute approximate surface area is 188 Å². The highest BCUT2D eigenvalue weighted by Gasteiger charge is 2.48. The Hall–Kier alpha value is -2.46. The average Bonchev–Trinajstić information content (AvgIpc) is 3.35. The summed E-state index contributed by atoms with van der Waals surface area (Å²) in [6, 6.07) is 10.7. The van der Waals surface area contributed by atoms with Gasteiger partial charge in [0.2, 0.25) is 11.8 Å². The van der Waals surface area contributed by atoms with Crippen LogP contribution in [0.15, 0.2) is 36.4 Å². The standard InChI is InChI=1S/C21H23ClN4O4S/c22-16-6-7-18(31-16)24-17(27)12-25-9-1-8-21(25,20(23)29)14-2-4-15(5-3-14)26-10-11-30-13-19(26)28/h2-7H,1,8-13H2,(H2,23,29)(H,24,27). The third-order valence-electron chi connectivity index (χ3n) is 5.73. The summed E-state index contributed by atoms with van der Waals surface area (Å²) >= 11 is 7.20. The lowest BCUT2D eigenvalue weighted by Crippen LogP contribution is -2.53. The van der Waals surface area contributed by atoms with Gasteiger partial charge in [0, 0.05) is 18.8 Å². The van der Waals surface area contributed by atoms with Crippen LogP contribution in [-0.2, 0) is 24.7 Å². The van der Waals surface area contributed by atoms with Crippen LogP contribution in [0.4, 0.5) is 10.7 Å². The van der Waals surface area contributed by atoms with Gasteiger partial charge >= 0.3 is 0 Å². The van der Waals surface area contributed by atoms with Gasteiger partial charge in [-0.25, -0.2) is 0 Å². The number of halogens is 1. The number of primary amides is 1. The van der Waals surface area contributed by atoms with Crippen molar-refractivity contribution in [2.24, 2.45) is 5.73 Å². The van der Waals surface area contributed by atoms with Crippen molar-refractivity contribution >= 4 is 51.3 Å². The van der Waals surface area contributed by atoms with Gasteiger partial charge in [-0.15, -0.1) is 11.3 Å². The summed E-state index contributed by atoms with van der Waals surface area (Å²) in [5.74, 6) is -0.829. The van der Waals surface area contributed by atoms with Crippen molar-refractivity contribution in [1.82, 2.24) is 4.90 Å². The number of carbonyl (C=O) groups excluding carboxylic acids is 3. The van der Waals surface area contributed by atoms with Crippen molar-refractivity contribution in [2.75, 3.05) is 43.1 Å². The molecule has 0 bridgehead atoms. The van der Waals surface area contributed by atoms with Gasteiger partial charge in [-0.2, -0.15) is 0 Å². The maximum atomic E-state index is 12.7. The van der Waals surface area contributed by atoms with E-state index in [2.05, 4.69) is 5.32 Å². The maximum Gasteiger partial charge on any atom is 0.253 e. The van der Waals surface area contributed by atoms with E-state index in [-0.39, 0.29) is 25.0 Å². The fraction of sp³-hybridized carbons (Fsp3) is 0.381. The van der Waals surface area contributed by atoms with E-state index in [1.54, 1.807) is 17.0 Å².